The zero-order valence-corrected chi connectivity index (χ0v) is 16.3. The lowest BCUT2D eigenvalue weighted by Crippen LogP contribution is -2.48. The Morgan fingerprint density at radius 2 is 1.85 bits per heavy atom. The Labute approximate surface area is 163 Å². The average molecular weight is 381 g/mol. The number of hydrogen-bond acceptors (Lipinski definition) is 5. The van der Waals surface area contributed by atoms with Crippen molar-refractivity contribution >= 4 is 32.6 Å². The van der Waals surface area contributed by atoms with Gasteiger partial charge in [0.2, 0.25) is 5.91 Å². The van der Waals surface area contributed by atoms with Crippen LogP contribution in [-0.4, -0.2) is 53.4 Å². The van der Waals surface area contributed by atoms with Crippen molar-refractivity contribution in [3.05, 3.63) is 59.7 Å². The van der Waals surface area contributed by atoms with E-state index in [-0.39, 0.29) is 5.91 Å². The number of para-hydroxylation sites is 1. The van der Waals surface area contributed by atoms with E-state index in [9.17, 15) is 4.79 Å². The van der Waals surface area contributed by atoms with Gasteiger partial charge < -0.3 is 5.32 Å². The molecule has 1 aliphatic rings. The second kappa shape index (κ2) is 8.17. The molecule has 140 valence electrons. The Morgan fingerprint density at radius 1 is 1.07 bits per heavy atom. The van der Waals surface area contributed by atoms with Crippen LogP contribution in [0.25, 0.3) is 10.2 Å². The molecular weight excluding hydrogens is 356 g/mol. The second-order valence-corrected chi connectivity index (χ2v) is 8.11. The smallest absolute Gasteiger partial charge is 0.240 e. The van der Waals surface area contributed by atoms with Gasteiger partial charge in [0.15, 0.2) is 5.13 Å². The summed E-state index contributed by atoms with van der Waals surface area (Å²) in [5.74, 6) is 0.0150. The third kappa shape index (κ3) is 4.71. The Kier molecular flexibility index (Phi) is 5.48. The van der Waals surface area contributed by atoms with Crippen molar-refractivity contribution in [1.29, 1.82) is 0 Å². The number of nitrogens with zero attached hydrogens (tertiary/aromatic N) is 3. The number of nitrogens with one attached hydrogen (secondary N) is 1. The minimum atomic E-state index is 0.0150. The fraction of sp³-hybridized carbons (Fsp3) is 0.333. The second-order valence-electron chi connectivity index (χ2n) is 7.08. The van der Waals surface area contributed by atoms with E-state index in [1.165, 1.54) is 22.5 Å². The summed E-state index contributed by atoms with van der Waals surface area (Å²) in [6, 6.07) is 16.6. The molecule has 1 N–H and O–H groups in total. The Balaban J connectivity index is 1.25. The van der Waals surface area contributed by atoms with E-state index >= 15 is 0 Å². The fourth-order valence-electron chi connectivity index (χ4n) is 3.46. The summed E-state index contributed by atoms with van der Waals surface area (Å²) in [7, 11) is 0. The van der Waals surface area contributed by atoms with Gasteiger partial charge in [0.1, 0.15) is 0 Å². The van der Waals surface area contributed by atoms with Crippen LogP contribution in [0.3, 0.4) is 0 Å². The molecule has 0 radical (unpaired) electrons. The van der Waals surface area contributed by atoms with Crippen LogP contribution in [0.1, 0.15) is 11.1 Å². The quantitative estimate of drug-likeness (QED) is 0.737. The predicted molar refractivity (Wildman–Crippen MR) is 111 cm³/mol. The molecule has 1 saturated heterocycles. The summed E-state index contributed by atoms with van der Waals surface area (Å²) in [4.78, 5) is 21.5. The lowest BCUT2D eigenvalue weighted by atomic mass is 10.1. The molecule has 27 heavy (non-hydrogen) atoms. The highest BCUT2D eigenvalue weighted by molar-refractivity contribution is 7.22. The van der Waals surface area contributed by atoms with Crippen molar-refractivity contribution in [3.63, 3.8) is 0 Å². The van der Waals surface area contributed by atoms with Gasteiger partial charge in [-0.1, -0.05) is 53.3 Å². The number of hydrogen-bond donors (Lipinski definition) is 1. The number of anilines is 1. The van der Waals surface area contributed by atoms with Gasteiger partial charge in [0, 0.05) is 32.7 Å². The number of carbonyl (C=O) groups excluding carboxylic acids is 1. The molecule has 1 aliphatic heterocycles. The molecule has 1 amide bonds. The Morgan fingerprint density at radius 3 is 2.63 bits per heavy atom. The molecule has 0 spiro atoms. The number of aryl methyl sites for hydroxylation is 1. The van der Waals surface area contributed by atoms with Gasteiger partial charge >= 0.3 is 0 Å². The van der Waals surface area contributed by atoms with E-state index in [4.69, 9.17) is 0 Å². The molecule has 5 nitrogen and oxygen atoms in total. The standard InChI is InChI=1S/C21H24N4OS/c1-16-5-4-6-17(13-16)14-24-9-11-25(12-10-24)15-20(26)23-21-22-18-7-2-3-8-19(18)27-21/h2-8,13H,9-12,14-15H2,1H3,(H,22,23,26). The monoisotopic (exact) mass is 380 g/mol. The molecule has 0 aliphatic carbocycles. The Hall–Kier alpha value is -2.28. The third-order valence-electron chi connectivity index (χ3n) is 4.86. The molecule has 6 heteroatoms. The first-order valence-electron chi connectivity index (χ1n) is 9.31. The summed E-state index contributed by atoms with van der Waals surface area (Å²) < 4.78 is 1.09. The number of piperazine rings is 1. The van der Waals surface area contributed by atoms with Gasteiger partial charge in [-0.05, 0) is 24.6 Å². The SMILES string of the molecule is Cc1cccc(CN2CCN(CC(=O)Nc3nc4ccccc4s3)CC2)c1. The maximum Gasteiger partial charge on any atom is 0.240 e. The first kappa shape index (κ1) is 18.1. The lowest BCUT2D eigenvalue weighted by Gasteiger charge is -2.34. The first-order chi connectivity index (χ1) is 13.2. The fourth-order valence-corrected chi connectivity index (χ4v) is 4.34. The van der Waals surface area contributed by atoms with E-state index in [0.29, 0.717) is 11.7 Å². The molecule has 2 aromatic carbocycles. The first-order valence-corrected chi connectivity index (χ1v) is 10.1. The van der Waals surface area contributed by atoms with Gasteiger partial charge in [-0.2, -0.15) is 0 Å². The average Bonchev–Trinajstić information content (AvgIpc) is 3.05. The highest BCUT2D eigenvalue weighted by Crippen LogP contribution is 2.25. The molecule has 4 rings (SSSR count). The summed E-state index contributed by atoms with van der Waals surface area (Å²) in [6.07, 6.45) is 0. The van der Waals surface area contributed by atoms with Crippen LogP contribution in [0.15, 0.2) is 48.5 Å². The zero-order chi connectivity index (χ0) is 18.6. The van der Waals surface area contributed by atoms with Crippen molar-refractivity contribution in [2.45, 2.75) is 13.5 Å². The normalized spacial score (nSPS) is 15.9. The van der Waals surface area contributed by atoms with E-state index in [0.717, 1.165) is 42.9 Å². The molecule has 2 heterocycles. The number of carbonyl (C=O) groups is 1. The molecule has 3 aromatic rings. The van der Waals surface area contributed by atoms with Crippen molar-refractivity contribution in [2.24, 2.45) is 0 Å². The number of amides is 1. The zero-order valence-electron chi connectivity index (χ0n) is 15.5. The maximum atomic E-state index is 12.4. The maximum absolute atomic E-state index is 12.4. The minimum absolute atomic E-state index is 0.0150. The summed E-state index contributed by atoms with van der Waals surface area (Å²) in [5, 5.41) is 3.63. The van der Waals surface area contributed by atoms with Gasteiger partial charge in [0.05, 0.1) is 16.8 Å². The molecule has 0 bridgehead atoms. The van der Waals surface area contributed by atoms with E-state index < -0.39 is 0 Å². The van der Waals surface area contributed by atoms with Crippen LogP contribution < -0.4 is 5.32 Å². The van der Waals surface area contributed by atoms with E-state index in [1.807, 2.05) is 24.3 Å². The molecule has 0 saturated carbocycles. The van der Waals surface area contributed by atoms with Crippen LogP contribution in [-0.2, 0) is 11.3 Å². The summed E-state index contributed by atoms with van der Waals surface area (Å²) in [6.45, 7) is 7.34. The van der Waals surface area contributed by atoms with E-state index in [1.54, 1.807) is 0 Å². The molecule has 1 fully saturated rings. The molecular formula is C21H24N4OS. The van der Waals surface area contributed by atoms with Gasteiger partial charge in [-0.25, -0.2) is 4.98 Å². The number of aromatic nitrogens is 1. The van der Waals surface area contributed by atoms with Crippen LogP contribution >= 0.6 is 11.3 Å². The van der Waals surface area contributed by atoms with Crippen molar-refractivity contribution in [2.75, 3.05) is 38.0 Å². The minimum Gasteiger partial charge on any atom is -0.301 e. The highest BCUT2D eigenvalue weighted by Gasteiger charge is 2.19. The largest absolute Gasteiger partial charge is 0.301 e. The lowest BCUT2D eigenvalue weighted by molar-refractivity contribution is -0.117. The van der Waals surface area contributed by atoms with Crippen LogP contribution in [0, 0.1) is 6.92 Å². The molecule has 0 atom stereocenters. The third-order valence-corrected chi connectivity index (χ3v) is 5.81. The predicted octanol–water partition coefficient (Wildman–Crippen LogP) is 3.36. The number of rotatable bonds is 5. The van der Waals surface area contributed by atoms with Crippen LogP contribution in [0.4, 0.5) is 5.13 Å². The molecule has 1 aromatic heterocycles. The summed E-state index contributed by atoms with van der Waals surface area (Å²) >= 11 is 1.52. The highest BCUT2D eigenvalue weighted by atomic mass is 32.1. The number of thiazole rings is 1. The van der Waals surface area contributed by atoms with Gasteiger partial charge in [-0.15, -0.1) is 0 Å². The number of benzene rings is 2. The van der Waals surface area contributed by atoms with E-state index in [2.05, 4.69) is 51.3 Å². The van der Waals surface area contributed by atoms with Crippen molar-refractivity contribution in [3.8, 4) is 0 Å². The van der Waals surface area contributed by atoms with Crippen molar-refractivity contribution in [1.82, 2.24) is 14.8 Å². The topological polar surface area (TPSA) is 48.5 Å². The van der Waals surface area contributed by atoms with Crippen LogP contribution in [0.5, 0.6) is 0 Å². The Bertz CT molecular complexity index is 898. The summed E-state index contributed by atoms with van der Waals surface area (Å²) in [5.41, 5.74) is 3.59. The van der Waals surface area contributed by atoms with Crippen molar-refractivity contribution < 1.29 is 4.79 Å². The van der Waals surface area contributed by atoms with Gasteiger partial charge in [0.25, 0.3) is 0 Å². The van der Waals surface area contributed by atoms with Gasteiger partial charge in [-0.3, -0.25) is 14.6 Å². The molecule has 0 unspecified atom stereocenters. The number of fused-ring (bicyclic) bond motifs is 1. The van der Waals surface area contributed by atoms with Crippen LogP contribution in [0.2, 0.25) is 0 Å².